The van der Waals surface area contributed by atoms with Gasteiger partial charge in [-0.15, -0.1) is 11.3 Å². The molecule has 0 bridgehead atoms. The van der Waals surface area contributed by atoms with Crippen LogP contribution in [0.25, 0.3) is 0 Å². The number of rotatable bonds is 4. The van der Waals surface area contributed by atoms with Gasteiger partial charge in [-0.2, -0.15) is 13.2 Å². The highest BCUT2D eigenvalue weighted by atomic mass is 32.1. The van der Waals surface area contributed by atoms with Crippen LogP contribution in [0.3, 0.4) is 0 Å². The molecule has 0 amide bonds. The van der Waals surface area contributed by atoms with Gasteiger partial charge in [0.2, 0.25) is 0 Å². The third kappa shape index (κ3) is 3.32. The Labute approximate surface area is 120 Å². The van der Waals surface area contributed by atoms with E-state index in [2.05, 4.69) is 10.3 Å². The third-order valence-electron chi connectivity index (χ3n) is 3.42. The Hall–Kier alpha value is -0.660. The summed E-state index contributed by atoms with van der Waals surface area (Å²) in [6.45, 7) is 5.10. The zero-order valence-electron chi connectivity index (χ0n) is 11.6. The van der Waals surface area contributed by atoms with Crippen molar-refractivity contribution in [2.24, 2.45) is 0 Å². The van der Waals surface area contributed by atoms with Crippen LogP contribution in [-0.2, 0) is 23.1 Å². The average molecular weight is 308 g/mol. The molecule has 0 radical (unpaired) electrons. The molecular weight excluding hydrogens is 289 g/mol. The molecule has 2 rings (SSSR count). The van der Waals surface area contributed by atoms with E-state index in [4.69, 9.17) is 4.74 Å². The maximum absolute atomic E-state index is 13.1. The molecule has 1 saturated heterocycles. The molecule has 1 atom stereocenters. The number of nitrogens with zero attached hydrogens (tertiary/aromatic N) is 1. The quantitative estimate of drug-likeness (QED) is 0.921. The van der Waals surface area contributed by atoms with Crippen LogP contribution in [0.1, 0.15) is 48.7 Å². The molecule has 1 aromatic rings. The second kappa shape index (κ2) is 5.99. The van der Waals surface area contributed by atoms with Crippen LogP contribution in [0.15, 0.2) is 0 Å². The molecule has 2 heterocycles. The average Bonchev–Trinajstić information content (AvgIpc) is 2.82. The molecule has 0 spiro atoms. The predicted octanol–water partition coefficient (Wildman–Crippen LogP) is 3.69. The molecule has 114 valence electrons. The maximum atomic E-state index is 13.1. The zero-order valence-corrected chi connectivity index (χ0v) is 12.5. The number of ether oxygens (including phenoxy) is 1. The molecule has 20 heavy (non-hydrogen) atoms. The van der Waals surface area contributed by atoms with Gasteiger partial charge in [0.15, 0.2) is 5.69 Å². The summed E-state index contributed by atoms with van der Waals surface area (Å²) in [5, 5.41) is 3.38. The topological polar surface area (TPSA) is 34.1 Å². The van der Waals surface area contributed by atoms with Crippen LogP contribution in [0.4, 0.5) is 13.2 Å². The Morgan fingerprint density at radius 3 is 2.70 bits per heavy atom. The molecule has 0 aromatic carbocycles. The van der Waals surface area contributed by atoms with Crippen molar-refractivity contribution in [1.82, 2.24) is 10.3 Å². The Balaban J connectivity index is 2.32. The van der Waals surface area contributed by atoms with Gasteiger partial charge in [-0.05, 0) is 32.7 Å². The van der Waals surface area contributed by atoms with Crippen molar-refractivity contribution in [3.63, 3.8) is 0 Å². The van der Waals surface area contributed by atoms with Crippen LogP contribution in [0, 0.1) is 0 Å². The predicted molar refractivity (Wildman–Crippen MR) is 71.7 cm³/mol. The number of aromatic nitrogens is 1. The Bertz CT molecular complexity index is 453. The fourth-order valence-electron chi connectivity index (χ4n) is 2.26. The molecule has 0 aliphatic carbocycles. The molecular formula is C13H19F3N2OS. The van der Waals surface area contributed by atoms with Gasteiger partial charge in [-0.1, -0.05) is 6.92 Å². The van der Waals surface area contributed by atoms with Crippen molar-refractivity contribution in [2.75, 3.05) is 13.2 Å². The lowest BCUT2D eigenvalue weighted by Crippen LogP contribution is -2.30. The van der Waals surface area contributed by atoms with Crippen LogP contribution in [0.2, 0.25) is 0 Å². The molecule has 3 nitrogen and oxygen atoms in total. The molecule has 1 aliphatic rings. The smallest absolute Gasteiger partial charge is 0.368 e. The summed E-state index contributed by atoms with van der Waals surface area (Å²) in [7, 11) is 0. The zero-order chi connectivity index (χ0) is 14.8. The summed E-state index contributed by atoms with van der Waals surface area (Å²) in [5.41, 5.74) is -1.44. The van der Waals surface area contributed by atoms with Crippen molar-refractivity contribution < 1.29 is 17.9 Å². The van der Waals surface area contributed by atoms with Gasteiger partial charge in [-0.3, -0.25) is 0 Å². The van der Waals surface area contributed by atoms with Crippen molar-refractivity contribution in [1.29, 1.82) is 0 Å². The Morgan fingerprint density at radius 2 is 2.15 bits per heavy atom. The fourth-order valence-corrected chi connectivity index (χ4v) is 3.44. The van der Waals surface area contributed by atoms with Gasteiger partial charge < -0.3 is 10.1 Å². The Kier molecular flexibility index (Phi) is 4.71. The minimum absolute atomic E-state index is 0.194. The van der Waals surface area contributed by atoms with E-state index in [1.165, 1.54) is 0 Å². The number of hydrogen-bond acceptors (Lipinski definition) is 4. The van der Waals surface area contributed by atoms with E-state index in [9.17, 15) is 13.2 Å². The molecule has 1 aliphatic heterocycles. The molecule has 0 saturated carbocycles. The summed E-state index contributed by atoms with van der Waals surface area (Å²) in [6.07, 6.45) is -1.78. The number of halogens is 3. The molecule has 1 fully saturated rings. The summed E-state index contributed by atoms with van der Waals surface area (Å²) < 4.78 is 44.9. The first-order valence-corrected chi connectivity index (χ1v) is 7.60. The highest BCUT2D eigenvalue weighted by Gasteiger charge is 2.41. The fraction of sp³-hybridized carbons (Fsp3) is 0.769. The van der Waals surface area contributed by atoms with Crippen molar-refractivity contribution in [3.8, 4) is 0 Å². The monoisotopic (exact) mass is 308 g/mol. The number of hydrogen-bond donors (Lipinski definition) is 1. The van der Waals surface area contributed by atoms with E-state index in [-0.39, 0.29) is 11.4 Å². The van der Waals surface area contributed by atoms with E-state index in [1.54, 1.807) is 0 Å². The number of nitrogens with one attached hydrogen (secondary N) is 1. The third-order valence-corrected chi connectivity index (χ3v) is 4.72. The number of alkyl halides is 3. The van der Waals surface area contributed by atoms with Crippen LogP contribution < -0.4 is 5.32 Å². The summed E-state index contributed by atoms with van der Waals surface area (Å²) >= 11 is 1.11. The van der Waals surface area contributed by atoms with Crippen molar-refractivity contribution >= 4 is 11.3 Å². The normalized spacial score (nSPS) is 24.1. The van der Waals surface area contributed by atoms with Crippen LogP contribution >= 0.6 is 11.3 Å². The largest absolute Gasteiger partial charge is 0.434 e. The lowest BCUT2D eigenvalue weighted by molar-refractivity contribution is -0.142. The summed E-state index contributed by atoms with van der Waals surface area (Å²) in [4.78, 5) is 4.10. The van der Waals surface area contributed by atoms with Crippen LogP contribution in [0.5, 0.6) is 0 Å². The highest BCUT2D eigenvalue weighted by molar-refractivity contribution is 7.11. The van der Waals surface area contributed by atoms with E-state index in [0.717, 1.165) is 30.6 Å². The minimum atomic E-state index is -4.41. The van der Waals surface area contributed by atoms with Crippen molar-refractivity contribution in [3.05, 3.63) is 15.6 Å². The van der Waals surface area contributed by atoms with E-state index in [1.807, 2.05) is 13.8 Å². The second-order valence-corrected chi connectivity index (χ2v) is 6.19. The first-order chi connectivity index (χ1) is 9.37. The van der Waals surface area contributed by atoms with Crippen LogP contribution in [-0.4, -0.2) is 18.1 Å². The maximum Gasteiger partial charge on any atom is 0.434 e. The van der Waals surface area contributed by atoms with Crippen molar-refractivity contribution in [2.45, 2.75) is 51.4 Å². The SMILES string of the molecule is CCNCc1sc(C2(C)CCCCO2)nc1C(F)(F)F. The van der Waals surface area contributed by atoms with Gasteiger partial charge in [0.1, 0.15) is 10.6 Å². The standard InChI is InChI=1S/C13H19F3N2OS/c1-3-17-8-9-10(13(14,15)16)18-11(20-9)12(2)6-4-5-7-19-12/h17H,3-8H2,1-2H3. The lowest BCUT2D eigenvalue weighted by atomic mass is 9.97. The first-order valence-electron chi connectivity index (χ1n) is 6.79. The molecule has 1 unspecified atom stereocenters. The first kappa shape index (κ1) is 15.7. The van der Waals surface area contributed by atoms with E-state index < -0.39 is 17.5 Å². The minimum Gasteiger partial charge on any atom is -0.368 e. The van der Waals surface area contributed by atoms with Gasteiger partial charge in [-0.25, -0.2) is 4.98 Å². The summed E-state index contributed by atoms with van der Waals surface area (Å²) in [6, 6.07) is 0. The lowest BCUT2D eigenvalue weighted by Gasteiger charge is -2.31. The molecule has 7 heteroatoms. The van der Waals surface area contributed by atoms with Gasteiger partial charge >= 0.3 is 6.18 Å². The van der Waals surface area contributed by atoms with Gasteiger partial charge in [0.05, 0.1) is 4.88 Å². The Morgan fingerprint density at radius 1 is 1.40 bits per heavy atom. The summed E-state index contributed by atoms with van der Waals surface area (Å²) in [5.74, 6) is 0. The number of thiazole rings is 1. The second-order valence-electron chi connectivity index (χ2n) is 5.11. The van der Waals surface area contributed by atoms with E-state index in [0.29, 0.717) is 18.2 Å². The van der Waals surface area contributed by atoms with Gasteiger partial charge in [0.25, 0.3) is 0 Å². The van der Waals surface area contributed by atoms with Gasteiger partial charge in [0, 0.05) is 13.2 Å². The molecule has 1 aromatic heterocycles. The molecule has 1 N–H and O–H groups in total. The highest BCUT2D eigenvalue weighted by Crippen LogP contribution is 2.41. The van der Waals surface area contributed by atoms with E-state index >= 15 is 0 Å².